The van der Waals surface area contributed by atoms with Crippen LogP contribution in [0.3, 0.4) is 0 Å². The van der Waals surface area contributed by atoms with Crippen LogP contribution in [0.15, 0.2) is 42.5 Å². The highest BCUT2D eigenvalue weighted by Gasteiger charge is 2.30. The highest BCUT2D eigenvalue weighted by atomic mass is 19.4. The fourth-order valence-electron chi connectivity index (χ4n) is 2.15. The summed E-state index contributed by atoms with van der Waals surface area (Å²) < 4.78 is 47.9. The first kappa shape index (κ1) is 20.7. The molecule has 0 unspecified atom stereocenters. The summed E-state index contributed by atoms with van der Waals surface area (Å²) >= 11 is 0. The van der Waals surface area contributed by atoms with Crippen molar-refractivity contribution >= 4 is 23.3 Å². The van der Waals surface area contributed by atoms with Crippen LogP contribution in [0.1, 0.15) is 15.9 Å². The van der Waals surface area contributed by atoms with Crippen molar-refractivity contribution < 1.29 is 37.0 Å². The molecule has 0 saturated carbocycles. The molecule has 0 aliphatic rings. The Morgan fingerprint density at radius 1 is 1.04 bits per heavy atom. The van der Waals surface area contributed by atoms with Crippen LogP contribution in [-0.2, 0) is 15.8 Å². The van der Waals surface area contributed by atoms with Gasteiger partial charge in [0.05, 0.1) is 12.7 Å². The number of rotatable bonds is 7. The summed E-state index contributed by atoms with van der Waals surface area (Å²) in [7, 11) is 1.29. The number of methoxy groups -OCH3 is 1. The van der Waals surface area contributed by atoms with Crippen LogP contribution < -0.4 is 20.5 Å². The Labute approximate surface area is 157 Å². The van der Waals surface area contributed by atoms with Crippen molar-refractivity contribution in [2.45, 2.75) is 6.18 Å². The number of ketones is 1. The molecule has 2 rings (SSSR count). The number of carbonyl (C=O) groups is 3. The van der Waals surface area contributed by atoms with Crippen LogP contribution in [0.2, 0.25) is 0 Å². The van der Waals surface area contributed by atoms with E-state index in [0.717, 1.165) is 24.3 Å². The monoisotopic (exact) mass is 396 g/mol. The number of hydrogen-bond donors (Lipinski definition) is 2. The fraction of sp³-hybridized carbons (Fsp3) is 0.167. The van der Waals surface area contributed by atoms with E-state index in [-0.39, 0.29) is 22.7 Å². The van der Waals surface area contributed by atoms with Gasteiger partial charge in [0.25, 0.3) is 11.8 Å². The molecule has 0 bridgehead atoms. The lowest BCUT2D eigenvalue weighted by molar-refractivity contribution is -0.137. The van der Waals surface area contributed by atoms with Crippen LogP contribution in [0.4, 0.5) is 18.9 Å². The van der Waals surface area contributed by atoms with Crippen LogP contribution in [0.5, 0.6) is 11.5 Å². The molecule has 148 valence electrons. The van der Waals surface area contributed by atoms with Crippen molar-refractivity contribution in [1.82, 2.24) is 0 Å². The summed E-state index contributed by atoms with van der Waals surface area (Å²) in [4.78, 5) is 34.4. The Bertz CT molecular complexity index is 895. The van der Waals surface area contributed by atoms with E-state index in [4.69, 9.17) is 15.2 Å². The summed E-state index contributed by atoms with van der Waals surface area (Å²) in [5.41, 5.74) is 4.24. The lowest BCUT2D eigenvalue weighted by Crippen LogP contribution is -2.23. The third kappa shape index (κ3) is 5.22. The first-order chi connectivity index (χ1) is 13.1. The molecule has 2 aromatic carbocycles. The number of amides is 2. The molecule has 0 aliphatic heterocycles. The summed E-state index contributed by atoms with van der Waals surface area (Å²) in [5, 5.41) is 2.39. The van der Waals surface area contributed by atoms with Gasteiger partial charge in [-0.15, -0.1) is 0 Å². The molecule has 0 heterocycles. The number of Topliss-reactive ketones (excluding diaryl/α,β-unsaturated/α-hetero) is 1. The molecule has 28 heavy (non-hydrogen) atoms. The first-order valence-electron chi connectivity index (χ1n) is 7.74. The van der Waals surface area contributed by atoms with E-state index in [0.29, 0.717) is 0 Å². The number of nitrogens with one attached hydrogen (secondary N) is 1. The van der Waals surface area contributed by atoms with Crippen molar-refractivity contribution in [3.63, 3.8) is 0 Å². The number of alkyl halides is 3. The zero-order chi connectivity index (χ0) is 20.9. The quantitative estimate of drug-likeness (QED) is 0.552. The second-order valence-corrected chi connectivity index (χ2v) is 5.47. The van der Waals surface area contributed by atoms with E-state index in [9.17, 15) is 27.6 Å². The van der Waals surface area contributed by atoms with Gasteiger partial charge in [-0.3, -0.25) is 14.4 Å². The fourth-order valence-corrected chi connectivity index (χ4v) is 2.15. The number of carbonyl (C=O) groups excluding carboxylic acids is 3. The zero-order valence-corrected chi connectivity index (χ0v) is 14.5. The zero-order valence-electron chi connectivity index (χ0n) is 14.5. The second-order valence-electron chi connectivity index (χ2n) is 5.47. The van der Waals surface area contributed by atoms with Crippen molar-refractivity contribution in [3.8, 4) is 11.5 Å². The Morgan fingerprint density at radius 2 is 1.68 bits per heavy atom. The number of benzene rings is 2. The van der Waals surface area contributed by atoms with Crippen LogP contribution >= 0.6 is 0 Å². The molecule has 0 spiro atoms. The van der Waals surface area contributed by atoms with E-state index in [1.807, 2.05) is 0 Å². The minimum absolute atomic E-state index is 0.00842. The lowest BCUT2D eigenvalue weighted by Gasteiger charge is -2.12. The number of ether oxygens (including phenoxy) is 2. The van der Waals surface area contributed by atoms with E-state index in [1.54, 1.807) is 0 Å². The predicted molar refractivity (Wildman–Crippen MR) is 92.1 cm³/mol. The van der Waals surface area contributed by atoms with E-state index in [2.05, 4.69) is 5.32 Å². The molecule has 0 fully saturated rings. The molecule has 10 heteroatoms. The van der Waals surface area contributed by atoms with Gasteiger partial charge in [0.1, 0.15) is 0 Å². The third-order valence-corrected chi connectivity index (χ3v) is 3.50. The maximum absolute atomic E-state index is 12.5. The average molecular weight is 396 g/mol. The van der Waals surface area contributed by atoms with Gasteiger partial charge < -0.3 is 20.5 Å². The number of nitrogens with two attached hydrogens (primary N) is 1. The summed E-state index contributed by atoms with van der Waals surface area (Å²) in [5.74, 6) is -2.46. The maximum atomic E-state index is 12.5. The molecular weight excluding hydrogens is 381 g/mol. The van der Waals surface area contributed by atoms with Crippen LogP contribution in [0.25, 0.3) is 0 Å². The van der Waals surface area contributed by atoms with Crippen LogP contribution in [0, 0.1) is 0 Å². The van der Waals surface area contributed by atoms with Crippen molar-refractivity contribution in [3.05, 3.63) is 53.6 Å². The Hall–Kier alpha value is -3.56. The molecule has 0 radical (unpaired) electrons. The van der Waals surface area contributed by atoms with E-state index < -0.39 is 35.9 Å². The van der Waals surface area contributed by atoms with Gasteiger partial charge in [-0.2, -0.15) is 13.2 Å². The summed E-state index contributed by atoms with van der Waals surface area (Å²) in [6.45, 7) is -0.472. The Kier molecular flexibility index (Phi) is 6.24. The molecule has 0 aromatic heterocycles. The van der Waals surface area contributed by atoms with Gasteiger partial charge in [0.2, 0.25) is 5.78 Å². The molecule has 3 N–H and O–H groups in total. The van der Waals surface area contributed by atoms with Crippen LogP contribution in [-0.4, -0.2) is 31.3 Å². The number of halogens is 3. The molecule has 7 nitrogen and oxygen atoms in total. The summed E-state index contributed by atoms with van der Waals surface area (Å²) in [6.07, 6.45) is -4.47. The Balaban J connectivity index is 2.00. The average Bonchev–Trinajstić information content (AvgIpc) is 2.65. The number of anilines is 1. The number of hydrogen-bond acceptors (Lipinski definition) is 5. The van der Waals surface area contributed by atoms with Gasteiger partial charge in [-0.05, 0) is 42.5 Å². The van der Waals surface area contributed by atoms with Gasteiger partial charge in [-0.25, -0.2) is 0 Å². The highest BCUT2D eigenvalue weighted by Crippen LogP contribution is 2.30. The molecule has 0 aliphatic carbocycles. The van der Waals surface area contributed by atoms with Gasteiger partial charge in [0, 0.05) is 11.3 Å². The highest BCUT2D eigenvalue weighted by molar-refractivity contribution is 6.42. The van der Waals surface area contributed by atoms with Crippen molar-refractivity contribution in [1.29, 1.82) is 0 Å². The topological polar surface area (TPSA) is 108 Å². The molecule has 0 saturated heterocycles. The van der Waals surface area contributed by atoms with E-state index >= 15 is 0 Å². The molecule has 2 aromatic rings. The molecule has 2 amide bonds. The largest absolute Gasteiger partial charge is 0.493 e. The minimum Gasteiger partial charge on any atom is -0.493 e. The maximum Gasteiger partial charge on any atom is 0.416 e. The van der Waals surface area contributed by atoms with Gasteiger partial charge in [0.15, 0.2) is 18.1 Å². The van der Waals surface area contributed by atoms with Gasteiger partial charge in [-0.1, -0.05) is 0 Å². The summed E-state index contributed by atoms with van der Waals surface area (Å²) in [6, 6.07) is 7.74. The normalized spacial score (nSPS) is 10.9. The molecule has 0 atom stereocenters. The Morgan fingerprint density at radius 3 is 2.21 bits per heavy atom. The third-order valence-electron chi connectivity index (χ3n) is 3.50. The minimum atomic E-state index is -4.47. The van der Waals surface area contributed by atoms with Crippen molar-refractivity contribution in [2.75, 3.05) is 19.0 Å². The predicted octanol–water partition coefficient (Wildman–Crippen LogP) is 2.40. The van der Waals surface area contributed by atoms with Crippen molar-refractivity contribution in [2.24, 2.45) is 5.73 Å². The smallest absolute Gasteiger partial charge is 0.416 e. The SMILES string of the molecule is COc1cc(C(=O)C(N)=O)ccc1OCC(=O)Nc1ccc(C(F)(F)F)cc1. The lowest BCUT2D eigenvalue weighted by atomic mass is 10.1. The molecular formula is C18H15F3N2O5. The first-order valence-corrected chi connectivity index (χ1v) is 7.74. The number of primary amides is 1. The van der Waals surface area contributed by atoms with E-state index in [1.165, 1.54) is 25.3 Å². The van der Waals surface area contributed by atoms with Gasteiger partial charge >= 0.3 is 6.18 Å². The second kappa shape index (κ2) is 8.42. The standard InChI is InChI=1S/C18H15F3N2O5/c1-27-14-8-10(16(25)17(22)26)2-7-13(14)28-9-15(24)23-12-5-3-11(4-6-12)18(19,20)21/h2-8H,9H2,1H3,(H2,22,26)(H,23,24).